The molecule has 0 unspecified atom stereocenters. The summed E-state index contributed by atoms with van der Waals surface area (Å²) in [5.74, 6) is -0.266. The lowest BCUT2D eigenvalue weighted by Gasteiger charge is -2.28. The predicted molar refractivity (Wildman–Crippen MR) is 98.5 cm³/mol. The molecule has 1 aliphatic heterocycles. The maximum atomic E-state index is 12.3. The van der Waals surface area contributed by atoms with E-state index in [1.54, 1.807) is 0 Å². The number of carbonyl (C=O) groups is 1. The monoisotopic (exact) mass is 378 g/mol. The second kappa shape index (κ2) is 8.33. The number of anilines is 2. The standard InChI is InChI=1S/C20H21F3N2O2/c21-20(22,23)14-27-18-10-4-15(5-11-18)19(26)24-16-6-8-17(9-7-16)25-12-2-1-3-13-25/h4-11H,1-3,12-14H2,(H,24,26). The zero-order chi connectivity index (χ0) is 19.3. The van der Waals surface area contributed by atoms with Gasteiger partial charge in [-0.2, -0.15) is 13.2 Å². The van der Waals surface area contributed by atoms with Crippen LogP contribution >= 0.6 is 0 Å². The molecule has 0 saturated carbocycles. The summed E-state index contributed by atoms with van der Waals surface area (Å²) in [7, 11) is 0. The first-order valence-corrected chi connectivity index (χ1v) is 8.87. The lowest BCUT2D eigenvalue weighted by molar-refractivity contribution is -0.153. The van der Waals surface area contributed by atoms with E-state index in [4.69, 9.17) is 0 Å². The zero-order valence-corrected chi connectivity index (χ0v) is 14.8. The van der Waals surface area contributed by atoms with E-state index in [1.165, 1.54) is 43.5 Å². The number of amides is 1. The molecule has 0 spiro atoms. The van der Waals surface area contributed by atoms with E-state index in [9.17, 15) is 18.0 Å². The molecule has 1 fully saturated rings. The van der Waals surface area contributed by atoms with Crippen LogP contribution < -0.4 is 15.0 Å². The van der Waals surface area contributed by atoms with Crippen LogP contribution in [0.5, 0.6) is 5.75 Å². The van der Waals surface area contributed by atoms with E-state index in [-0.39, 0.29) is 11.7 Å². The molecule has 0 aromatic heterocycles. The van der Waals surface area contributed by atoms with Gasteiger partial charge in [0.1, 0.15) is 5.75 Å². The highest BCUT2D eigenvalue weighted by molar-refractivity contribution is 6.04. The Morgan fingerprint density at radius 1 is 0.963 bits per heavy atom. The molecule has 27 heavy (non-hydrogen) atoms. The average molecular weight is 378 g/mol. The second-order valence-corrected chi connectivity index (χ2v) is 6.48. The number of alkyl halides is 3. The van der Waals surface area contributed by atoms with E-state index >= 15 is 0 Å². The normalized spacial score (nSPS) is 14.7. The summed E-state index contributed by atoms with van der Waals surface area (Å²) in [6.07, 6.45) is -0.733. The van der Waals surface area contributed by atoms with Crippen LogP contribution in [0.1, 0.15) is 29.6 Å². The summed E-state index contributed by atoms with van der Waals surface area (Å²) in [6, 6.07) is 13.2. The van der Waals surface area contributed by atoms with Gasteiger partial charge in [-0.3, -0.25) is 4.79 Å². The van der Waals surface area contributed by atoms with Crippen molar-refractivity contribution in [3.8, 4) is 5.75 Å². The largest absolute Gasteiger partial charge is 0.484 e. The summed E-state index contributed by atoms with van der Waals surface area (Å²) in [6.45, 7) is 0.741. The van der Waals surface area contributed by atoms with Gasteiger partial charge in [-0.15, -0.1) is 0 Å². The van der Waals surface area contributed by atoms with Crippen molar-refractivity contribution in [2.45, 2.75) is 25.4 Å². The van der Waals surface area contributed by atoms with Crippen molar-refractivity contribution in [2.75, 3.05) is 29.9 Å². The van der Waals surface area contributed by atoms with E-state index in [2.05, 4.69) is 15.0 Å². The Kier molecular flexibility index (Phi) is 5.88. The van der Waals surface area contributed by atoms with Crippen molar-refractivity contribution in [3.63, 3.8) is 0 Å². The minimum Gasteiger partial charge on any atom is -0.484 e. The highest BCUT2D eigenvalue weighted by atomic mass is 19.4. The number of rotatable bonds is 5. The molecule has 0 radical (unpaired) electrons. The lowest BCUT2D eigenvalue weighted by Crippen LogP contribution is -2.29. The summed E-state index contributed by atoms with van der Waals surface area (Å²) < 4.78 is 41.1. The van der Waals surface area contributed by atoms with Gasteiger partial charge >= 0.3 is 6.18 Å². The molecule has 2 aromatic rings. The number of nitrogens with one attached hydrogen (secondary N) is 1. The van der Waals surface area contributed by atoms with Crippen molar-refractivity contribution in [2.24, 2.45) is 0 Å². The third-order valence-electron chi connectivity index (χ3n) is 4.37. The van der Waals surface area contributed by atoms with Crippen LogP contribution in [0.2, 0.25) is 0 Å². The smallest absolute Gasteiger partial charge is 0.422 e. The average Bonchev–Trinajstić information content (AvgIpc) is 2.67. The quantitative estimate of drug-likeness (QED) is 0.807. The van der Waals surface area contributed by atoms with E-state index in [1.807, 2.05) is 24.3 Å². The number of nitrogens with zero attached hydrogens (tertiary/aromatic N) is 1. The molecule has 1 heterocycles. The Morgan fingerprint density at radius 2 is 1.59 bits per heavy atom. The van der Waals surface area contributed by atoms with Gasteiger partial charge in [0.15, 0.2) is 6.61 Å². The van der Waals surface area contributed by atoms with Gasteiger partial charge in [0.25, 0.3) is 5.91 Å². The second-order valence-electron chi connectivity index (χ2n) is 6.48. The molecule has 1 N–H and O–H groups in total. The fraction of sp³-hybridized carbons (Fsp3) is 0.350. The highest BCUT2D eigenvalue weighted by Gasteiger charge is 2.28. The van der Waals surface area contributed by atoms with Crippen molar-refractivity contribution < 1.29 is 22.7 Å². The Bertz CT molecular complexity index is 752. The van der Waals surface area contributed by atoms with Crippen LogP contribution in [0, 0.1) is 0 Å². The van der Waals surface area contributed by atoms with Crippen LogP contribution in [0.4, 0.5) is 24.5 Å². The van der Waals surface area contributed by atoms with Crippen molar-refractivity contribution in [1.82, 2.24) is 0 Å². The summed E-state index contributed by atoms with van der Waals surface area (Å²) in [4.78, 5) is 14.6. The number of hydrogen-bond donors (Lipinski definition) is 1. The Morgan fingerprint density at radius 3 is 2.19 bits per heavy atom. The minimum atomic E-state index is -4.39. The Hall–Kier alpha value is -2.70. The zero-order valence-electron chi connectivity index (χ0n) is 14.8. The molecule has 1 aliphatic rings. The Labute approximate surface area is 155 Å². The Balaban J connectivity index is 1.56. The maximum absolute atomic E-state index is 12.3. The van der Waals surface area contributed by atoms with Crippen molar-refractivity contribution in [3.05, 3.63) is 54.1 Å². The van der Waals surface area contributed by atoms with Gasteiger partial charge in [-0.1, -0.05) is 0 Å². The van der Waals surface area contributed by atoms with Crippen molar-refractivity contribution >= 4 is 17.3 Å². The van der Waals surface area contributed by atoms with Crippen LogP contribution in [-0.2, 0) is 0 Å². The highest BCUT2D eigenvalue weighted by Crippen LogP contribution is 2.23. The molecule has 0 bridgehead atoms. The first-order chi connectivity index (χ1) is 12.9. The summed E-state index contributed by atoms with van der Waals surface area (Å²) in [5.41, 5.74) is 2.14. The molecular weight excluding hydrogens is 357 g/mol. The molecule has 3 rings (SSSR count). The first kappa shape index (κ1) is 19.1. The predicted octanol–water partition coefficient (Wildman–Crippen LogP) is 4.87. The summed E-state index contributed by atoms with van der Waals surface area (Å²) >= 11 is 0. The van der Waals surface area contributed by atoms with Gasteiger partial charge in [-0.25, -0.2) is 0 Å². The maximum Gasteiger partial charge on any atom is 0.422 e. The van der Waals surface area contributed by atoms with Gasteiger partial charge in [0.2, 0.25) is 0 Å². The van der Waals surface area contributed by atoms with Gasteiger partial charge in [0, 0.05) is 30.0 Å². The van der Waals surface area contributed by atoms with Crippen LogP contribution in [0.25, 0.3) is 0 Å². The van der Waals surface area contributed by atoms with E-state index < -0.39 is 12.8 Å². The first-order valence-electron chi connectivity index (χ1n) is 8.87. The molecule has 1 saturated heterocycles. The number of hydrogen-bond acceptors (Lipinski definition) is 3. The van der Waals surface area contributed by atoms with Crippen molar-refractivity contribution in [1.29, 1.82) is 0 Å². The molecule has 0 atom stereocenters. The topological polar surface area (TPSA) is 41.6 Å². The van der Waals surface area contributed by atoms with E-state index in [0.717, 1.165) is 18.8 Å². The molecule has 144 valence electrons. The number of ether oxygens (including phenoxy) is 1. The molecule has 1 amide bonds. The molecular formula is C20H21F3N2O2. The molecule has 2 aromatic carbocycles. The van der Waals surface area contributed by atoms with Gasteiger partial charge in [0.05, 0.1) is 0 Å². The fourth-order valence-corrected chi connectivity index (χ4v) is 2.98. The third kappa shape index (κ3) is 5.64. The lowest BCUT2D eigenvalue weighted by atomic mass is 10.1. The number of halogens is 3. The summed E-state index contributed by atoms with van der Waals surface area (Å²) in [5, 5.41) is 2.79. The number of benzene rings is 2. The SMILES string of the molecule is O=C(Nc1ccc(N2CCCCC2)cc1)c1ccc(OCC(F)(F)F)cc1. The molecule has 7 heteroatoms. The number of carbonyl (C=O) groups excluding carboxylic acids is 1. The fourth-order valence-electron chi connectivity index (χ4n) is 2.98. The van der Waals surface area contributed by atoms with Gasteiger partial charge < -0.3 is 15.0 Å². The molecule has 0 aliphatic carbocycles. The third-order valence-corrected chi connectivity index (χ3v) is 4.37. The number of piperidine rings is 1. The van der Waals surface area contributed by atoms with Crippen LogP contribution in [0.3, 0.4) is 0 Å². The minimum absolute atomic E-state index is 0.0646. The van der Waals surface area contributed by atoms with Crippen LogP contribution in [0.15, 0.2) is 48.5 Å². The van der Waals surface area contributed by atoms with E-state index in [0.29, 0.717) is 11.3 Å². The molecule has 4 nitrogen and oxygen atoms in total. The van der Waals surface area contributed by atoms with Crippen LogP contribution in [-0.4, -0.2) is 31.8 Å². The van der Waals surface area contributed by atoms with Gasteiger partial charge in [-0.05, 0) is 67.8 Å².